The van der Waals surface area contributed by atoms with Gasteiger partial charge in [0.1, 0.15) is 11.5 Å². The summed E-state index contributed by atoms with van der Waals surface area (Å²) in [5, 5.41) is 3.14. The molecule has 0 unspecified atom stereocenters. The second kappa shape index (κ2) is 6.55. The lowest BCUT2D eigenvalue weighted by Crippen LogP contribution is -2.67. The Morgan fingerprint density at radius 2 is 1.87 bits per heavy atom. The van der Waals surface area contributed by atoms with Crippen molar-refractivity contribution < 1.29 is 14.4 Å². The fraction of sp³-hybridized carbons (Fsp3) is 0.364. The fourth-order valence-corrected chi connectivity index (χ4v) is 4.80. The zero-order valence-electron chi connectivity index (χ0n) is 17.0. The van der Waals surface area contributed by atoms with Crippen molar-refractivity contribution in [1.82, 2.24) is 20.1 Å². The third kappa shape index (κ3) is 2.59. The SMILES string of the molecule is CN1Cc2cccc(C(=O)N3CCC4(CC3)NC(=O)c3cccnc3N4C)c2C1=O. The maximum atomic E-state index is 13.3. The summed E-state index contributed by atoms with van der Waals surface area (Å²) in [7, 11) is 3.68. The van der Waals surface area contributed by atoms with Crippen LogP contribution in [0.4, 0.5) is 5.82 Å². The summed E-state index contributed by atoms with van der Waals surface area (Å²) in [6.45, 7) is 1.50. The van der Waals surface area contributed by atoms with E-state index in [4.69, 9.17) is 0 Å². The average Bonchev–Trinajstić information content (AvgIpc) is 3.06. The Kier molecular flexibility index (Phi) is 4.06. The first-order valence-corrected chi connectivity index (χ1v) is 10.1. The molecule has 1 aromatic carbocycles. The number of rotatable bonds is 1. The molecule has 8 nitrogen and oxygen atoms in total. The molecular weight excluding hydrogens is 382 g/mol. The van der Waals surface area contributed by atoms with Crippen molar-refractivity contribution >= 4 is 23.5 Å². The largest absolute Gasteiger partial charge is 0.338 e. The number of piperidine rings is 1. The monoisotopic (exact) mass is 405 g/mol. The van der Waals surface area contributed by atoms with Crippen LogP contribution in [0.2, 0.25) is 0 Å². The van der Waals surface area contributed by atoms with Gasteiger partial charge in [0, 0.05) is 52.8 Å². The average molecular weight is 405 g/mol. The topological polar surface area (TPSA) is 85.8 Å². The Morgan fingerprint density at radius 1 is 1.10 bits per heavy atom. The third-order valence-corrected chi connectivity index (χ3v) is 6.56. The summed E-state index contributed by atoms with van der Waals surface area (Å²) in [6, 6.07) is 8.99. The van der Waals surface area contributed by atoms with Gasteiger partial charge in [-0.15, -0.1) is 0 Å². The Bertz CT molecular complexity index is 1070. The zero-order valence-corrected chi connectivity index (χ0v) is 17.0. The molecule has 5 rings (SSSR count). The number of aromatic nitrogens is 1. The van der Waals surface area contributed by atoms with E-state index < -0.39 is 5.66 Å². The lowest BCUT2D eigenvalue weighted by molar-refractivity contribution is 0.0602. The summed E-state index contributed by atoms with van der Waals surface area (Å²) >= 11 is 0. The summed E-state index contributed by atoms with van der Waals surface area (Å²) in [5.74, 6) is 0.291. The molecular formula is C22H23N5O3. The van der Waals surface area contributed by atoms with Crippen molar-refractivity contribution in [3.63, 3.8) is 0 Å². The van der Waals surface area contributed by atoms with Crippen molar-refractivity contribution in [3.05, 3.63) is 58.8 Å². The number of carbonyl (C=O) groups excluding carboxylic acids is 3. The number of hydrogen-bond acceptors (Lipinski definition) is 5. The minimum atomic E-state index is -0.566. The van der Waals surface area contributed by atoms with Gasteiger partial charge >= 0.3 is 0 Å². The number of likely N-dealkylation sites (tertiary alicyclic amines) is 1. The van der Waals surface area contributed by atoms with E-state index in [0.717, 1.165) is 5.56 Å². The molecule has 1 spiro atoms. The van der Waals surface area contributed by atoms with Crippen LogP contribution in [0.3, 0.4) is 0 Å². The highest BCUT2D eigenvalue weighted by Gasteiger charge is 2.45. The zero-order chi connectivity index (χ0) is 21.0. The number of benzene rings is 1. The van der Waals surface area contributed by atoms with E-state index in [1.54, 1.807) is 41.2 Å². The standard InChI is InChI=1S/C22H23N5O3/c1-25-13-14-5-3-6-15(17(14)21(25)30)20(29)27-11-8-22(9-12-27)24-19(28)16-7-4-10-23-18(16)26(22)2/h3-7,10H,8-9,11-13H2,1-2H3,(H,24,28). The second-order valence-electron chi connectivity index (χ2n) is 8.21. The predicted molar refractivity (Wildman–Crippen MR) is 110 cm³/mol. The lowest BCUT2D eigenvalue weighted by Gasteiger charge is -2.50. The molecule has 3 aliphatic heterocycles. The van der Waals surface area contributed by atoms with Gasteiger partial charge in [-0.3, -0.25) is 14.4 Å². The van der Waals surface area contributed by atoms with Crippen LogP contribution in [0.5, 0.6) is 0 Å². The lowest BCUT2D eigenvalue weighted by atomic mass is 9.91. The first kappa shape index (κ1) is 18.6. The van der Waals surface area contributed by atoms with Gasteiger partial charge in [0.15, 0.2) is 0 Å². The molecule has 4 heterocycles. The van der Waals surface area contributed by atoms with Crippen LogP contribution in [0.1, 0.15) is 49.5 Å². The van der Waals surface area contributed by atoms with Crippen LogP contribution in [-0.4, -0.2) is 65.4 Å². The Hall–Kier alpha value is -3.42. The van der Waals surface area contributed by atoms with E-state index in [0.29, 0.717) is 55.0 Å². The molecule has 0 atom stereocenters. The highest BCUT2D eigenvalue weighted by Crippen LogP contribution is 2.35. The van der Waals surface area contributed by atoms with Crippen molar-refractivity contribution in [2.24, 2.45) is 0 Å². The minimum absolute atomic E-state index is 0.107. The summed E-state index contributed by atoms with van der Waals surface area (Å²) in [4.78, 5) is 48.3. The van der Waals surface area contributed by atoms with Crippen molar-refractivity contribution in [3.8, 4) is 0 Å². The van der Waals surface area contributed by atoms with Gasteiger partial charge in [0.2, 0.25) is 0 Å². The van der Waals surface area contributed by atoms with Crippen LogP contribution < -0.4 is 10.2 Å². The van der Waals surface area contributed by atoms with E-state index >= 15 is 0 Å². The maximum absolute atomic E-state index is 13.3. The second-order valence-corrected chi connectivity index (χ2v) is 8.21. The molecule has 1 aromatic heterocycles. The Labute approximate surface area is 174 Å². The van der Waals surface area contributed by atoms with Crippen molar-refractivity contribution in [2.75, 3.05) is 32.1 Å². The van der Waals surface area contributed by atoms with Gasteiger partial charge in [-0.25, -0.2) is 4.98 Å². The third-order valence-electron chi connectivity index (χ3n) is 6.56. The van der Waals surface area contributed by atoms with Gasteiger partial charge in [0.05, 0.1) is 16.7 Å². The van der Waals surface area contributed by atoms with E-state index in [-0.39, 0.29) is 17.7 Å². The van der Waals surface area contributed by atoms with E-state index in [1.165, 1.54) is 0 Å². The number of hydrogen-bond donors (Lipinski definition) is 1. The van der Waals surface area contributed by atoms with Crippen LogP contribution in [0.25, 0.3) is 0 Å². The number of anilines is 1. The van der Waals surface area contributed by atoms with E-state index in [2.05, 4.69) is 10.3 Å². The number of carbonyl (C=O) groups is 3. The number of fused-ring (bicyclic) bond motifs is 2. The Morgan fingerprint density at radius 3 is 2.63 bits per heavy atom. The van der Waals surface area contributed by atoms with Gasteiger partial charge in [0.25, 0.3) is 17.7 Å². The van der Waals surface area contributed by atoms with Crippen LogP contribution >= 0.6 is 0 Å². The van der Waals surface area contributed by atoms with Gasteiger partial charge < -0.3 is 20.0 Å². The predicted octanol–water partition coefficient (Wildman–Crippen LogP) is 1.48. The number of nitrogens with one attached hydrogen (secondary N) is 1. The first-order valence-electron chi connectivity index (χ1n) is 10.1. The van der Waals surface area contributed by atoms with Crippen LogP contribution in [-0.2, 0) is 6.54 Å². The minimum Gasteiger partial charge on any atom is -0.338 e. The normalized spacial score (nSPS) is 19.6. The molecule has 30 heavy (non-hydrogen) atoms. The highest BCUT2D eigenvalue weighted by atomic mass is 16.2. The van der Waals surface area contributed by atoms with Gasteiger partial charge in [-0.2, -0.15) is 0 Å². The van der Waals surface area contributed by atoms with Crippen molar-refractivity contribution in [1.29, 1.82) is 0 Å². The van der Waals surface area contributed by atoms with E-state index in [9.17, 15) is 14.4 Å². The summed E-state index contributed by atoms with van der Waals surface area (Å²) in [6.07, 6.45) is 2.85. The summed E-state index contributed by atoms with van der Waals surface area (Å²) < 4.78 is 0. The number of pyridine rings is 1. The van der Waals surface area contributed by atoms with Gasteiger partial charge in [-0.1, -0.05) is 12.1 Å². The Balaban J connectivity index is 1.38. The van der Waals surface area contributed by atoms with Crippen LogP contribution in [0.15, 0.2) is 36.5 Å². The summed E-state index contributed by atoms with van der Waals surface area (Å²) in [5.41, 5.74) is 1.87. The smallest absolute Gasteiger partial charge is 0.256 e. The molecule has 3 amide bonds. The first-order chi connectivity index (χ1) is 14.4. The fourth-order valence-electron chi connectivity index (χ4n) is 4.80. The van der Waals surface area contributed by atoms with Crippen molar-refractivity contribution in [2.45, 2.75) is 25.0 Å². The molecule has 154 valence electrons. The molecule has 0 bridgehead atoms. The molecule has 1 N–H and O–H groups in total. The highest BCUT2D eigenvalue weighted by molar-refractivity contribution is 6.09. The van der Waals surface area contributed by atoms with Gasteiger partial charge in [-0.05, 0) is 23.8 Å². The molecule has 0 saturated carbocycles. The molecule has 3 aliphatic rings. The molecule has 1 saturated heterocycles. The number of nitrogens with zero attached hydrogens (tertiary/aromatic N) is 4. The molecule has 8 heteroatoms. The molecule has 2 aromatic rings. The number of amides is 3. The molecule has 1 fully saturated rings. The molecule has 0 radical (unpaired) electrons. The quantitative estimate of drug-likeness (QED) is 0.777. The van der Waals surface area contributed by atoms with E-state index in [1.807, 2.05) is 24.1 Å². The molecule has 0 aliphatic carbocycles. The maximum Gasteiger partial charge on any atom is 0.256 e. The van der Waals surface area contributed by atoms with Crippen LogP contribution in [0, 0.1) is 0 Å².